The Morgan fingerprint density at radius 3 is 2.45 bits per heavy atom. The Hall–Kier alpha value is -1.81. The van der Waals surface area contributed by atoms with Crippen molar-refractivity contribution < 1.29 is 12.6 Å². The zero-order valence-corrected chi connectivity index (χ0v) is 12.5. The van der Waals surface area contributed by atoms with Crippen molar-refractivity contribution >= 4 is 10.1 Å². The van der Waals surface area contributed by atoms with Crippen LogP contribution in [0, 0.1) is 6.92 Å². The molecule has 1 heterocycles. The van der Waals surface area contributed by atoms with E-state index in [0.29, 0.717) is 5.75 Å². The summed E-state index contributed by atoms with van der Waals surface area (Å²) in [4.78, 5) is 0.247. The molecule has 2 aromatic rings. The smallest absolute Gasteiger partial charge is 0.339 e. The average molecular weight is 288 g/mol. The van der Waals surface area contributed by atoms with Crippen LogP contribution in [0.2, 0.25) is 0 Å². The van der Waals surface area contributed by atoms with Gasteiger partial charge >= 0.3 is 10.1 Å². The summed E-state index contributed by atoms with van der Waals surface area (Å²) in [5, 5.41) is 0. The maximum Gasteiger partial charge on any atom is 0.339 e. The van der Waals surface area contributed by atoms with Crippen molar-refractivity contribution in [1.82, 2.24) is 0 Å². The zero-order valence-electron chi connectivity index (χ0n) is 11.7. The van der Waals surface area contributed by atoms with Crippen molar-refractivity contribution in [2.24, 2.45) is 0 Å². The predicted octanol–water partition coefficient (Wildman–Crippen LogP) is 3.87. The fourth-order valence-corrected chi connectivity index (χ4v) is 3.80. The molecule has 0 aliphatic carbocycles. The average Bonchev–Trinajstić information content (AvgIpc) is 2.38. The van der Waals surface area contributed by atoms with Crippen molar-refractivity contribution in [1.29, 1.82) is 0 Å². The van der Waals surface area contributed by atoms with Crippen LogP contribution in [0.5, 0.6) is 5.75 Å². The van der Waals surface area contributed by atoms with E-state index in [2.05, 4.69) is 0 Å². The molecule has 0 unspecified atom stereocenters. The zero-order chi connectivity index (χ0) is 14.5. The highest BCUT2D eigenvalue weighted by atomic mass is 32.2. The van der Waals surface area contributed by atoms with Crippen LogP contribution < -0.4 is 4.18 Å². The van der Waals surface area contributed by atoms with E-state index in [1.54, 1.807) is 12.1 Å². The van der Waals surface area contributed by atoms with E-state index in [-0.39, 0.29) is 10.8 Å². The van der Waals surface area contributed by atoms with E-state index in [9.17, 15) is 8.42 Å². The van der Waals surface area contributed by atoms with Crippen LogP contribution in [-0.2, 0) is 10.1 Å². The second kappa shape index (κ2) is 4.35. The van der Waals surface area contributed by atoms with Crippen LogP contribution in [0.15, 0.2) is 41.3 Å². The molecule has 0 bridgehead atoms. The van der Waals surface area contributed by atoms with Crippen molar-refractivity contribution in [3.8, 4) is 16.9 Å². The first-order valence-electron chi connectivity index (χ1n) is 6.59. The molecule has 1 aliphatic rings. The summed E-state index contributed by atoms with van der Waals surface area (Å²) in [5.41, 5.74) is 3.56. The van der Waals surface area contributed by atoms with Crippen molar-refractivity contribution in [2.45, 2.75) is 31.6 Å². The molecule has 1 aliphatic heterocycles. The number of benzene rings is 2. The molecule has 0 aromatic heterocycles. The lowest BCUT2D eigenvalue weighted by atomic mass is 9.92. The molecule has 3 nitrogen and oxygen atoms in total. The van der Waals surface area contributed by atoms with Crippen LogP contribution in [0.1, 0.15) is 30.9 Å². The number of hydrogen-bond donors (Lipinski definition) is 0. The Balaban J connectivity index is 2.44. The molecule has 0 saturated carbocycles. The van der Waals surface area contributed by atoms with Crippen LogP contribution >= 0.6 is 0 Å². The van der Waals surface area contributed by atoms with Crippen LogP contribution in [0.3, 0.4) is 0 Å². The summed E-state index contributed by atoms with van der Waals surface area (Å²) in [6.45, 7) is 6.03. The molecular formula is C16H16O3S. The van der Waals surface area contributed by atoms with Gasteiger partial charge in [0.2, 0.25) is 0 Å². The quantitative estimate of drug-likeness (QED) is 0.748. The third-order valence-corrected chi connectivity index (χ3v) is 4.92. The predicted molar refractivity (Wildman–Crippen MR) is 78.5 cm³/mol. The van der Waals surface area contributed by atoms with E-state index in [1.807, 2.05) is 45.0 Å². The van der Waals surface area contributed by atoms with E-state index in [1.165, 1.54) is 0 Å². The number of rotatable bonds is 1. The maximum absolute atomic E-state index is 12.3. The molecule has 0 amide bonds. The minimum absolute atomic E-state index is 0.199. The minimum atomic E-state index is -3.73. The summed E-state index contributed by atoms with van der Waals surface area (Å²) in [6, 6.07) is 11.0. The van der Waals surface area contributed by atoms with Gasteiger partial charge in [0.15, 0.2) is 5.75 Å². The molecule has 0 fully saturated rings. The summed E-state index contributed by atoms with van der Waals surface area (Å²) in [6.07, 6.45) is 0. The van der Waals surface area contributed by atoms with Gasteiger partial charge < -0.3 is 4.18 Å². The normalized spacial score (nSPS) is 15.4. The summed E-state index contributed by atoms with van der Waals surface area (Å²) < 4.78 is 30.0. The van der Waals surface area contributed by atoms with Gasteiger partial charge in [-0.05, 0) is 30.0 Å². The number of hydrogen-bond acceptors (Lipinski definition) is 3. The van der Waals surface area contributed by atoms with Crippen LogP contribution in [0.25, 0.3) is 11.1 Å². The molecule has 104 valence electrons. The first kappa shape index (κ1) is 13.2. The summed E-state index contributed by atoms with van der Waals surface area (Å²) >= 11 is 0. The Labute approximate surface area is 119 Å². The van der Waals surface area contributed by atoms with Crippen molar-refractivity contribution in [3.05, 3.63) is 47.5 Å². The highest BCUT2D eigenvalue weighted by Crippen LogP contribution is 2.46. The van der Waals surface area contributed by atoms with E-state index >= 15 is 0 Å². The number of fused-ring (bicyclic) bond motifs is 3. The van der Waals surface area contributed by atoms with Gasteiger partial charge in [0.1, 0.15) is 4.90 Å². The monoisotopic (exact) mass is 288 g/mol. The van der Waals surface area contributed by atoms with Gasteiger partial charge in [0.05, 0.1) is 0 Å². The van der Waals surface area contributed by atoms with E-state index in [0.717, 1.165) is 22.3 Å². The second-order valence-corrected chi connectivity index (χ2v) is 6.88. The fourth-order valence-electron chi connectivity index (χ4n) is 2.62. The van der Waals surface area contributed by atoms with Gasteiger partial charge in [-0.25, -0.2) is 0 Å². The molecule has 0 radical (unpaired) electrons. The Kier molecular flexibility index (Phi) is 2.87. The van der Waals surface area contributed by atoms with Crippen LogP contribution in [0.4, 0.5) is 0 Å². The summed E-state index contributed by atoms with van der Waals surface area (Å²) in [5.74, 6) is 0.684. The third kappa shape index (κ3) is 1.83. The molecule has 0 atom stereocenters. The van der Waals surface area contributed by atoms with Gasteiger partial charge in [-0.2, -0.15) is 8.42 Å². The van der Waals surface area contributed by atoms with Gasteiger partial charge in [-0.3, -0.25) is 0 Å². The highest BCUT2D eigenvalue weighted by molar-refractivity contribution is 7.87. The lowest BCUT2D eigenvalue weighted by molar-refractivity contribution is 0.478. The lowest BCUT2D eigenvalue weighted by Gasteiger charge is -2.25. The Morgan fingerprint density at radius 1 is 1.05 bits per heavy atom. The highest BCUT2D eigenvalue weighted by Gasteiger charge is 2.32. The molecular weight excluding hydrogens is 272 g/mol. The largest absolute Gasteiger partial charge is 0.378 e. The SMILES string of the molecule is Cc1ccc(C(C)C)c2c1-c1ccccc1S(=O)(=O)O2. The van der Waals surface area contributed by atoms with Crippen molar-refractivity contribution in [2.75, 3.05) is 0 Å². The first-order chi connectivity index (χ1) is 9.42. The Morgan fingerprint density at radius 2 is 1.75 bits per heavy atom. The number of aryl methyl sites for hydroxylation is 1. The molecule has 20 heavy (non-hydrogen) atoms. The van der Waals surface area contributed by atoms with Gasteiger partial charge in [-0.15, -0.1) is 0 Å². The van der Waals surface area contributed by atoms with Gasteiger partial charge in [0, 0.05) is 11.1 Å². The molecule has 0 saturated heterocycles. The second-order valence-electron chi connectivity index (χ2n) is 5.36. The fraction of sp³-hybridized carbons (Fsp3) is 0.250. The maximum atomic E-state index is 12.3. The molecule has 3 rings (SSSR count). The minimum Gasteiger partial charge on any atom is -0.378 e. The van der Waals surface area contributed by atoms with Crippen molar-refractivity contribution in [3.63, 3.8) is 0 Å². The van der Waals surface area contributed by atoms with Gasteiger partial charge in [-0.1, -0.05) is 44.2 Å². The van der Waals surface area contributed by atoms with Gasteiger partial charge in [0.25, 0.3) is 0 Å². The molecule has 0 spiro atoms. The van der Waals surface area contributed by atoms with Crippen LogP contribution in [-0.4, -0.2) is 8.42 Å². The molecule has 0 N–H and O–H groups in total. The first-order valence-corrected chi connectivity index (χ1v) is 8.00. The third-order valence-electron chi connectivity index (χ3n) is 3.64. The summed E-state index contributed by atoms with van der Waals surface area (Å²) in [7, 11) is -3.73. The molecule has 4 heteroatoms. The van der Waals surface area contributed by atoms with E-state index < -0.39 is 10.1 Å². The lowest BCUT2D eigenvalue weighted by Crippen LogP contribution is -2.18. The standard InChI is InChI=1S/C16H16O3S/c1-10(2)12-9-8-11(3)15-13-6-4-5-7-14(13)20(17,18)19-16(12)15/h4-10H,1-3H3. The molecule has 2 aromatic carbocycles. The topological polar surface area (TPSA) is 43.4 Å². The Bertz CT molecular complexity index is 789. The van der Waals surface area contributed by atoms with E-state index in [4.69, 9.17) is 4.18 Å².